The van der Waals surface area contributed by atoms with E-state index in [1.807, 2.05) is 0 Å². The number of methoxy groups -OCH3 is 1. The second kappa shape index (κ2) is 4.44. The van der Waals surface area contributed by atoms with Crippen LogP contribution in [0.25, 0.3) is 0 Å². The fraction of sp³-hybridized carbons (Fsp3) is 0.250. The number of Topliss-reactive ketones (excluding diaryl/α,β-unsaturated/α-hetero) is 1. The van der Waals surface area contributed by atoms with E-state index in [4.69, 9.17) is 0 Å². The summed E-state index contributed by atoms with van der Waals surface area (Å²) < 4.78 is 4.22. The first-order valence-corrected chi connectivity index (χ1v) is 3.08. The van der Waals surface area contributed by atoms with E-state index in [1.54, 1.807) is 6.92 Å². The molecule has 0 heterocycles. The van der Waals surface area contributed by atoms with Gasteiger partial charge in [-0.25, -0.2) is 4.79 Å². The maximum Gasteiger partial charge on any atom is 0.379 e. The van der Waals surface area contributed by atoms with Crippen LogP contribution in [0.15, 0.2) is 24.3 Å². The highest BCUT2D eigenvalue weighted by molar-refractivity contribution is 6.41. The van der Waals surface area contributed by atoms with Crippen molar-refractivity contribution in [2.24, 2.45) is 0 Å². The zero-order chi connectivity index (χ0) is 8.85. The highest BCUT2D eigenvalue weighted by Crippen LogP contribution is 1.98. The van der Waals surface area contributed by atoms with Crippen LogP contribution < -0.4 is 0 Å². The monoisotopic (exact) mass is 154 g/mol. The maximum absolute atomic E-state index is 10.9. The van der Waals surface area contributed by atoms with Crippen molar-refractivity contribution in [3.63, 3.8) is 0 Å². The summed E-state index contributed by atoms with van der Waals surface area (Å²) in [5.41, 5.74) is 0.261. The molecule has 0 aliphatic carbocycles. The van der Waals surface area contributed by atoms with Gasteiger partial charge in [0, 0.05) is 5.57 Å². The van der Waals surface area contributed by atoms with Crippen LogP contribution in [-0.4, -0.2) is 18.9 Å². The summed E-state index contributed by atoms with van der Waals surface area (Å²) in [6, 6.07) is 0. The van der Waals surface area contributed by atoms with E-state index in [2.05, 4.69) is 11.3 Å². The fourth-order valence-electron chi connectivity index (χ4n) is 0.552. The molecule has 0 unspecified atom stereocenters. The van der Waals surface area contributed by atoms with E-state index in [1.165, 1.54) is 12.2 Å². The molecule has 0 radical (unpaired) electrons. The smallest absolute Gasteiger partial charge is 0.379 e. The SMILES string of the molecule is C=CC(=CC)C(=O)C(=O)OC. The molecule has 60 valence electrons. The Labute approximate surface area is 65.4 Å². The summed E-state index contributed by atoms with van der Waals surface area (Å²) >= 11 is 0. The van der Waals surface area contributed by atoms with Crippen LogP contribution in [0.3, 0.4) is 0 Å². The van der Waals surface area contributed by atoms with E-state index >= 15 is 0 Å². The number of hydrogen-bond acceptors (Lipinski definition) is 3. The van der Waals surface area contributed by atoms with Gasteiger partial charge in [0.2, 0.25) is 0 Å². The van der Waals surface area contributed by atoms with Crippen molar-refractivity contribution in [2.45, 2.75) is 6.92 Å². The van der Waals surface area contributed by atoms with Crippen molar-refractivity contribution in [3.05, 3.63) is 24.3 Å². The predicted octanol–water partition coefficient (Wildman–Crippen LogP) is 0.861. The fourth-order valence-corrected chi connectivity index (χ4v) is 0.552. The Balaban J connectivity index is 4.47. The molecule has 3 nitrogen and oxygen atoms in total. The van der Waals surface area contributed by atoms with Crippen molar-refractivity contribution in [1.82, 2.24) is 0 Å². The molecule has 0 aromatic rings. The molecule has 0 rings (SSSR count). The number of allylic oxidation sites excluding steroid dienone is 2. The summed E-state index contributed by atoms with van der Waals surface area (Å²) in [5, 5.41) is 0. The maximum atomic E-state index is 10.9. The third-order valence-electron chi connectivity index (χ3n) is 1.16. The topological polar surface area (TPSA) is 43.4 Å². The van der Waals surface area contributed by atoms with Gasteiger partial charge in [-0.2, -0.15) is 0 Å². The van der Waals surface area contributed by atoms with Crippen LogP contribution >= 0.6 is 0 Å². The summed E-state index contributed by atoms with van der Waals surface area (Å²) in [5.74, 6) is -1.52. The van der Waals surface area contributed by atoms with E-state index in [-0.39, 0.29) is 5.57 Å². The van der Waals surface area contributed by atoms with Crippen LogP contribution in [0.1, 0.15) is 6.92 Å². The number of ketones is 1. The second-order valence-electron chi connectivity index (χ2n) is 1.77. The minimum atomic E-state index is -0.863. The Bertz CT molecular complexity index is 213. The number of hydrogen-bond donors (Lipinski definition) is 0. The first-order valence-electron chi connectivity index (χ1n) is 3.08. The number of carbonyl (C=O) groups excluding carboxylic acids is 2. The van der Waals surface area contributed by atoms with Gasteiger partial charge < -0.3 is 4.74 Å². The van der Waals surface area contributed by atoms with Gasteiger partial charge in [0.1, 0.15) is 0 Å². The van der Waals surface area contributed by atoms with Gasteiger partial charge in [-0.3, -0.25) is 4.79 Å². The Kier molecular flexibility index (Phi) is 3.88. The average Bonchev–Trinajstić information content (AvgIpc) is 2.05. The van der Waals surface area contributed by atoms with Crippen LogP contribution in [0.5, 0.6) is 0 Å². The summed E-state index contributed by atoms with van der Waals surface area (Å²) in [6.07, 6.45) is 2.82. The van der Waals surface area contributed by atoms with Crippen molar-refractivity contribution in [3.8, 4) is 0 Å². The molecule has 0 saturated carbocycles. The molecule has 0 fully saturated rings. The van der Waals surface area contributed by atoms with Crippen molar-refractivity contribution in [1.29, 1.82) is 0 Å². The van der Waals surface area contributed by atoms with E-state index in [9.17, 15) is 9.59 Å². The molecule has 0 aromatic carbocycles. The van der Waals surface area contributed by atoms with Crippen molar-refractivity contribution >= 4 is 11.8 Å². The third kappa shape index (κ3) is 2.37. The Morgan fingerprint density at radius 1 is 1.45 bits per heavy atom. The molecule has 0 N–H and O–H groups in total. The Morgan fingerprint density at radius 2 is 2.00 bits per heavy atom. The summed E-state index contributed by atoms with van der Waals surface area (Å²) in [6.45, 7) is 5.02. The summed E-state index contributed by atoms with van der Waals surface area (Å²) in [7, 11) is 1.16. The predicted molar refractivity (Wildman–Crippen MR) is 41.0 cm³/mol. The van der Waals surface area contributed by atoms with E-state index in [0.717, 1.165) is 7.11 Å². The van der Waals surface area contributed by atoms with Gasteiger partial charge in [0.15, 0.2) is 0 Å². The zero-order valence-electron chi connectivity index (χ0n) is 6.59. The number of ether oxygens (including phenoxy) is 1. The van der Waals surface area contributed by atoms with Gasteiger partial charge in [0.25, 0.3) is 5.78 Å². The van der Waals surface area contributed by atoms with E-state index in [0.29, 0.717) is 0 Å². The lowest BCUT2D eigenvalue weighted by atomic mass is 10.1. The molecule has 0 bridgehead atoms. The highest BCUT2D eigenvalue weighted by Gasteiger charge is 2.15. The Morgan fingerprint density at radius 3 is 2.27 bits per heavy atom. The van der Waals surface area contributed by atoms with Crippen LogP contribution in [0.2, 0.25) is 0 Å². The van der Waals surface area contributed by atoms with Crippen LogP contribution in [0.4, 0.5) is 0 Å². The minimum Gasteiger partial charge on any atom is -0.463 e. The van der Waals surface area contributed by atoms with Crippen LogP contribution in [-0.2, 0) is 14.3 Å². The lowest BCUT2D eigenvalue weighted by Gasteiger charge is -1.96. The molecule has 0 saturated heterocycles. The first-order chi connectivity index (χ1) is 5.17. The molecule has 0 aromatic heterocycles. The van der Waals surface area contributed by atoms with Gasteiger partial charge in [-0.15, -0.1) is 0 Å². The number of esters is 1. The molecular formula is C8H10O3. The highest BCUT2D eigenvalue weighted by atomic mass is 16.5. The standard InChI is InChI=1S/C8H10O3/c1-4-6(5-2)7(9)8(10)11-3/h4-5H,1H2,2-3H3. The van der Waals surface area contributed by atoms with Gasteiger partial charge in [-0.1, -0.05) is 18.7 Å². The lowest BCUT2D eigenvalue weighted by Crippen LogP contribution is -2.16. The first kappa shape index (κ1) is 9.62. The molecule has 0 aliphatic heterocycles. The molecule has 11 heavy (non-hydrogen) atoms. The zero-order valence-corrected chi connectivity index (χ0v) is 6.59. The third-order valence-corrected chi connectivity index (χ3v) is 1.16. The number of rotatable bonds is 3. The second-order valence-corrected chi connectivity index (χ2v) is 1.77. The normalized spacial score (nSPS) is 10.5. The van der Waals surface area contributed by atoms with Crippen LogP contribution in [0, 0.1) is 0 Å². The quantitative estimate of drug-likeness (QED) is 0.262. The Hall–Kier alpha value is -1.38. The molecule has 3 heteroatoms. The lowest BCUT2D eigenvalue weighted by molar-refractivity contribution is -0.149. The van der Waals surface area contributed by atoms with Crippen molar-refractivity contribution < 1.29 is 14.3 Å². The summed E-state index contributed by atoms with van der Waals surface area (Å²) in [4.78, 5) is 21.5. The number of carbonyl (C=O) groups is 2. The van der Waals surface area contributed by atoms with Gasteiger partial charge in [0.05, 0.1) is 7.11 Å². The van der Waals surface area contributed by atoms with Gasteiger partial charge in [-0.05, 0) is 6.92 Å². The molecule has 0 spiro atoms. The van der Waals surface area contributed by atoms with Gasteiger partial charge >= 0.3 is 5.97 Å². The minimum absolute atomic E-state index is 0.261. The largest absolute Gasteiger partial charge is 0.463 e. The average molecular weight is 154 g/mol. The molecular weight excluding hydrogens is 144 g/mol. The van der Waals surface area contributed by atoms with E-state index < -0.39 is 11.8 Å². The van der Waals surface area contributed by atoms with Crippen molar-refractivity contribution in [2.75, 3.05) is 7.11 Å². The molecule has 0 amide bonds. The molecule has 0 aliphatic rings. The molecule has 0 atom stereocenters.